The SMILES string of the molecule is O=C(O)c1cnn(-c2cc(F)c(F)c(F)c2)c1. The number of benzene rings is 1. The van der Waals surface area contributed by atoms with Crippen LogP contribution in [-0.2, 0) is 0 Å². The van der Waals surface area contributed by atoms with E-state index in [4.69, 9.17) is 5.11 Å². The van der Waals surface area contributed by atoms with Crippen molar-refractivity contribution in [1.29, 1.82) is 0 Å². The van der Waals surface area contributed by atoms with Gasteiger partial charge in [0.2, 0.25) is 0 Å². The Labute approximate surface area is 92.9 Å². The van der Waals surface area contributed by atoms with Gasteiger partial charge in [0.1, 0.15) is 0 Å². The molecule has 2 rings (SSSR count). The molecule has 0 radical (unpaired) electrons. The van der Waals surface area contributed by atoms with Crippen LogP contribution in [0.15, 0.2) is 24.5 Å². The molecule has 0 atom stereocenters. The normalized spacial score (nSPS) is 10.5. The number of hydrogen-bond donors (Lipinski definition) is 1. The number of nitrogens with zero attached hydrogens (tertiary/aromatic N) is 2. The van der Waals surface area contributed by atoms with E-state index >= 15 is 0 Å². The van der Waals surface area contributed by atoms with Crippen LogP contribution < -0.4 is 0 Å². The number of rotatable bonds is 2. The number of carbonyl (C=O) groups is 1. The van der Waals surface area contributed by atoms with Crippen LogP contribution in [0, 0.1) is 17.5 Å². The zero-order valence-electron chi connectivity index (χ0n) is 8.19. The maximum atomic E-state index is 12.9. The van der Waals surface area contributed by atoms with Gasteiger partial charge in [0.15, 0.2) is 17.5 Å². The van der Waals surface area contributed by atoms with Crippen LogP contribution in [0.25, 0.3) is 5.69 Å². The van der Waals surface area contributed by atoms with Gasteiger partial charge in [-0.3, -0.25) is 0 Å². The number of carboxylic acid groups (broad SMARTS) is 1. The third-order valence-corrected chi connectivity index (χ3v) is 2.06. The van der Waals surface area contributed by atoms with Gasteiger partial charge in [-0.05, 0) is 0 Å². The number of hydrogen-bond acceptors (Lipinski definition) is 2. The fourth-order valence-electron chi connectivity index (χ4n) is 1.25. The summed E-state index contributed by atoms with van der Waals surface area (Å²) >= 11 is 0. The van der Waals surface area contributed by atoms with Crippen molar-refractivity contribution < 1.29 is 23.1 Å². The molecule has 17 heavy (non-hydrogen) atoms. The minimum Gasteiger partial charge on any atom is -0.478 e. The molecule has 0 bridgehead atoms. The highest BCUT2D eigenvalue weighted by Crippen LogP contribution is 2.16. The molecule has 1 aromatic carbocycles. The Bertz CT molecular complexity index is 572. The second kappa shape index (κ2) is 3.93. The average Bonchev–Trinajstić information content (AvgIpc) is 2.74. The first-order valence-corrected chi connectivity index (χ1v) is 4.42. The molecule has 7 heteroatoms. The Morgan fingerprint density at radius 1 is 1.24 bits per heavy atom. The van der Waals surface area contributed by atoms with Crippen molar-refractivity contribution in [1.82, 2.24) is 9.78 Å². The lowest BCUT2D eigenvalue weighted by atomic mass is 10.3. The van der Waals surface area contributed by atoms with Gasteiger partial charge >= 0.3 is 5.97 Å². The molecule has 0 spiro atoms. The van der Waals surface area contributed by atoms with E-state index in [1.54, 1.807) is 0 Å². The monoisotopic (exact) mass is 242 g/mol. The summed E-state index contributed by atoms with van der Waals surface area (Å²) in [4.78, 5) is 10.6. The van der Waals surface area contributed by atoms with E-state index in [1.807, 2.05) is 0 Å². The molecular formula is C10H5F3N2O2. The molecule has 1 N–H and O–H groups in total. The molecule has 0 fully saturated rings. The Kier molecular flexibility index (Phi) is 2.58. The number of halogens is 3. The third kappa shape index (κ3) is 1.99. The van der Waals surface area contributed by atoms with Crippen LogP contribution in [0.2, 0.25) is 0 Å². The first-order chi connectivity index (χ1) is 7.99. The molecule has 1 aromatic heterocycles. The lowest BCUT2D eigenvalue weighted by molar-refractivity contribution is 0.0697. The first kappa shape index (κ1) is 11.2. The zero-order chi connectivity index (χ0) is 12.6. The standard InChI is InChI=1S/C10H5F3N2O2/c11-7-1-6(2-8(12)9(7)13)15-4-5(3-14-15)10(16)17/h1-4H,(H,16,17). The van der Waals surface area contributed by atoms with Gasteiger partial charge in [-0.1, -0.05) is 0 Å². The zero-order valence-corrected chi connectivity index (χ0v) is 8.19. The second-order valence-corrected chi connectivity index (χ2v) is 3.20. The quantitative estimate of drug-likeness (QED) is 0.819. The van der Waals surface area contributed by atoms with E-state index in [2.05, 4.69) is 5.10 Å². The fraction of sp³-hybridized carbons (Fsp3) is 0. The van der Waals surface area contributed by atoms with Gasteiger partial charge in [-0.15, -0.1) is 0 Å². The highest BCUT2D eigenvalue weighted by Gasteiger charge is 2.13. The molecule has 0 aliphatic rings. The molecule has 1 heterocycles. The number of aromatic carboxylic acids is 1. The third-order valence-electron chi connectivity index (χ3n) is 2.06. The Balaban J connectivity index is 2.49. The maximum absolute atomic E-state index is 12.9. The topological polar surface area (TPSA) is 55.1 Å². The Morgan fingerprint density at radius 3 is 2.29 bits per heavy atom. The maximum Gasteiger partial charge on any atom is 0.338 e. The first-order valence-electron chi connectivity index (χ1n) is 4.42. The summed E-state index contributed by atoms with van der Waals surface area (Å²) in [5, 5.41) is 12.2. The van der Waals surface area contributed by atoms with Gasteiger partial charge < -0.3 is 5.11 Å². The summed E-state index contributed by atoms with van der Waals surface area (Å²) < 4.78 is 39.5. The molecule has 0 unspecified atom stereocenters. The summed E-state index contributed by atoms with van der Waals surface area (Å²) in [5.74, 6) is -5.54. The summed E-state index contributed by atoms with van der Waals surface area (Å²) in [7, 11) is 0. The van der Waals surface area contributed by atoms with Gasteiger partial charge in [-0.2, -0.15) is 5.10 Å². The smallest absolute Gasteiger partial charge is 0.338 e. The predicted molar refractivity (Wildman–Crippen MR) is 50.4 cm³/mol. The lowest BCUT2D eigenvalue weighted by Gasteiger charge is -2.02. The number of carboxylic acids is 1. The molecule has 0 saturated heterocycles. The van der Waals surface area contributed by atoms with Crippen molar-refractivity contribution in [2.24, 2.45) is 0 Å². The van der Waals surface area contributed by atoms with Crippen molar-refractivity contribution in [3.05, 3.63) is 47.5 Å². The van der Waals surface area contributed by atoms with Crippen molar-refractivity contribution in [3.63, 3.8) is 0 Å². The van der Waals surface area contributed by atoms with Gasteiger partial charge in [0, 0.05) is 18.3 Å². The van der Waals surface area contributed by atoms with Crippen molar-refractivity contribution in [2.75, 3.05) is 0 Å². The molecule has 88 valence electrons. The summed E-state index contributed by atoms with van der Waals surface area (Å²) in [6, 6.07) is 1.44. The minimum atomic E-state index is -1.58. The molecule has 4 nitrogen and oxygen atoms in total. The van der Waals surface area contributed by atoms with Crippen LogP contribution in [-0.4, -0.2) is 20.9 Å². The largest absolute Gasteiger partial charge is 0.478 e. The molecule has 0 aliphatic carbocycles. The van der Waals surface area contributed by atoms with Crippen LogP contribution in [0.5, 0.6) is 0 Å². The Hall–Kier alpha value is -2.31. The van der Waals surface area contributed by atoms with Gasteiger partial charge in [0.25, 0.3) is 0 Å². The molecule has 0 amide bonds. The van der Waals surface area contributed by atoms with E-state index in [0.717, 1.165) is 29.2 Å². The highest BCUT2D eigenvalue weighted by molar-refractivity contribution is 5.86. The van der Waals surface area contributed by atoms with Crippen molar-refractivity contribution in [3.8, 4) is 5.69 Å². The second-order valence-electron chi connectivity index (χ2n) is 3.20. The van der Waals surface area contributed by atoms with Gasteiger partial charge in [0.05, 0.1) is 17.4 Å². The van der Waals surface area contributed by atoms with Crippen LogP contribution in [0.4, 0.5) is 13.2 Å². The summed E-state index contributed by atoms with van der Waals surface area (Å²) in [6.45, 7) is 0. The van der Waals surface area contributed by atoms with E-state index in [1.165, 1.54) is 0 Å². The minimum absolute atomic E-state index is 0.103. The molecule has 0 aliphatic heterocycles. The van der Waals surface area contributed by atoms with E-state index in [9.17, 15) is 18.0 Å². The predicted octanol–water partition coefficient (Wildman–Crippen LogP) is 1.99. The fourth-order valence-corrected chi connectivity index (χ4v) is 1.25. The molecular weight excluding hydrogens is 237 g/mol. The average molecular weight is 242 g/mol. The lowest BCUT2D eigenvalue weighted by Crippen LogP contribution is -2.00. The molecule has 2 aromatic rings. The van der Waals surface area contributed by atoms with Crippen LogP contribution in [0.3, 0.4) is 0 Å². The molecule has 0 saturated carbocycles. The van der Waals surface area contributed by atoms with E-state index in [-0.39, 0.29) is 11.3 Å². The van der Waals surface area contributed by atoms with E-state index in [0.29, 0.717) is 0 Å². The summed E-state index contributed by atoms with van der Waals surface area (Å²) in [5.41, 5.74) is -0.246. The number of aromatic nitrogens is 2. The highest BCUT2D eigenvalue weighted by atomic mass is 19.2. The Morgan fingerprint density at radius 2 is 1.82 bits per heavy atom. The van der Waals surface area contributed by atoms with Crippen LogP contribution in [0.1, 0.15) is 10.4 Å². The van der Waals surface area contributed by atoms with Crippen LogP contribution >= 0.6 is 0 Å². The summed E-state index contributed by atoms with van der Waals surface area (Å²) in [6.07, 6.45) is 2.08. The van der Waals surface area contributed by atoms with E-state index < -0.39 is 23.4 Å². The van der Waals surface area contributed by atoms with Gasteiger partial charge in [-0.25, -0.2) is 22.6 Å². The van der Waals surface area contributed by atoms with Crippen molar-refractivity contribution in [2.45, 2.75) is 0 Å². The van der Waals surface area contributed by atoms with Crippen molar-refractivity contribution >= 4 is 5.97 Å².